The van der Waals surface area contributed by atoms with Crippen LogP contribution in [0.2, 0.25) is 0 Å². The molecule has 1 atom stereocenters. The van der Waals surface area contributed by atoms with Crippen LogP contribution < -0.4 is 0 Å². The number of hydrogen-bond acceptors (Lipinski definition) is 1. The molecule has 0 bridgehead atoms. The van der Waals surface area contributed by atoms with Gasteiger partial charge in [-0.1, -0.05) is 6.92 Å². The Labute approximate surface area is 61.9 Å². The van der Waals surface area contributed by atoms with E-state index in [1.165, 1.54) is 0 Å². The average Bonchev–Trinajstić information content (AvgIpc) is 1.80. The molecule has 0 aliphatic carbocycles. The van der Waals surface area contributed by atoms with E-state index in [1.807, 2.05) is 0 Å². The van der Waals surface area contributed by atoms with E-state index in [9.17, 15) is 7.77 Å². The number of hydrogen-bond donors (Lipinski definition) is 0. The molecule has 0 aromatic heterocycles. The Morgan fingerprint density at radius 3 is 2.20 bits per heavy atom. The van der Waals surface area contributed by atoms with Crippen LogP contribution in [0.3, 0.4) is 0 Å². The van der Waals surface area contributed by atoms with E-state index in [-0.39, 0.29) is 6.42 Å². The van der Waals surface area contributed by atoms with Gasteiger partial charge < -0.3 is 0 Å². The van der Waals surface area contributed by atoms with E-state index >= 15 is 0 Å². The molecular weight excluding hydrogens is 156 g/mol. The van der Waals surface area contributed by atoms with Crippen LogP contribution in [0.15, 0.2) is 0 Å². The normalized spacial score (nSPS) is 15.9. The fraction of sp³-hybridized carbons (Fsp3) is 0.833. The van der Waals surface area contributed by atoms with Crippen LogP contribution in [0.25, 0.3) is 0 Å². The highest BCUT2D eigenvalue weighted by Gasteiger charge is 2.26. The first-order valence-electron chi connectivity index (χ1n) is 3.05. The molecule has 60 valence electrons. The van der Waals surface area contributed by atoms with Crippen molar-refractivity contribution in [3.05, 3.63) is 0 Å². The molecule has 0 aliphatic rings. The Morgan fingerprint density at radius 2 is 2.10 bits per heavy atom. The third-order valence-corrected chi connectivity index (χ3v) is 3.03. The van der Waals surface area contributed by atoms with Crippen molar-refractivity contribution in [3.8, 4) is 6.07 Å². The van der Waals surface area contributed by atoms with Crippen LogP contribution in [0, 0.1) is 11.3 Å². The van der Waals surface area contributed by atoms with Gasteiger partial charge in [-0.2, -0.15) is 13.0 Å². The fourth-order valence-electron chi connectivity index (χ4n) is 0.685. The second-order valence-electron chi connectivity index (χ2n) is 2.17. The minimum Gasteiger partial charge on any atom is -0.198 e. The summed E-state index contributed by atoms with van der Waals surface area (Å²) in [5.74, 6) is 0. The van der Waals surface area contributed by atoms with Crippen LogP contribution in [0.4, 0.5) is 7.77 Å². The quantitative estimate of drug-likeness (QED) is 0.634. The number of halogens is 2. The van der Waals surface area contributed by atoms with Crippen LogP contribution in [0.5, 0.6) is 0 Å². The first-order chi connectivity index (χ1) is 4.52. The Kier molecular flexibility index (Phi) is 3.66. The van der Waals surface area contributed by atoms with Gasteiger partial charge in [0.15, 0.2) is 0 Å². The van der Waals surface area contributed by atoms with Crippen molar-refractivity contribution >= 4 is 10.8 Å². The molecular formula is C6H11F2NS. The molecule has 0 heterocycles. The zero-order valence-corrected chi connectivity index (χ0v) is 6.92. The number of rotatable bonds is 3. The molecule has 10 heavy (non-hydrogen) atoms. The van der Waals surface area contributed by atoms with Crippen LogP contribution in [-0.4, -0.2) is 11.5 Å². The van der Waals surface area contributed by atoms with E-state index in [2.05, 4.69) is 0 Å². The molecule has 1 nitrogen and oxygen atoms in total. The summed E-state index contributed by atoms with van der Waals surface area (Å²) in [6, 6.07) is 1.77. The van der Waals surface area contributed by atoms with Gasteiger partial charge >= 0.3 is 0 Å². The lowest BCUT2D eigenvalue weighted by Gasteiger charge is -2.22. The molecule has 0 aliphatic heterocycles. The standard InChI is InChI=1S/C6H11F2NS/c1-3-6(4-5-9)10(2,7)8/h6H,3-4H2,1-2H3. The minimum absolute atomic E-state index is 0.0185. The Bertz CT molecular complexity index is 136. The summed E-state index contributed by atoms with van der Waals surface area (Å²) in [5, 5.41) is 7.46. The summed E-state index contributed by atoms with van der Waals surface area (Å²) in [7, 11) is -3.50. The van der Waals surface area contributed by atoms with Crippen molar-refractivity contribution in [3.63, 3.8) is 0 Å². The van der Waals surface area contributed by atoms with Crippen LogP contribution in [0.1, 0.15) is 19.8 Å². The zero-order chi connectivity index (χ0) is 8.20. The molecule has 1 unspecified atom stereocenters. The molecule has 0 rings (SSSR count). The summed E-state index contributed by atoms with van der Waals surface area (Å²) in [4.78, 5) is 0. The molecule has 0 saturated heterocycles. The highest BCUT2D eigenvalue weighted by atomic mass is 32.3. The van der Waals surface area contributed by atoms with Gasteiger partial charge in [-0.05, 0) is 6.42 Å². The van der Waals surface area contributed by atoms with Crippen molar-refractivity contribution in [1.29, 1.82) is 5.26 Å². The van der Waals surface area contributed by atoms with Gasteiger partial charge in [0.25, 0.3) is 0 Å². The van der Waals surface area contributed by atoms with E-state index in [4.69, 9.17) is 5.26 Å². The average molecular weight is 167 g/mol. The molecule has 0 aromatic rings. The molecule has 0 aromatic carbocycles. The van der Waals surface area contributed by atoms with Crippen LogP contribution >= 0.6 is 10.8 Å². The van der Waals surface area contributed by atoms with Crippen molar-refractivity contribution in [1.82, 2.24) is 0 Å². The lowest BCUT2D eigenvalue weighted by molar-refractivity contribution is 0.684. The lowest BCUT2D eigenvalue weighted by atomic mass is 10.3. The summed E-state index contributed by atoms with van der Waals surface area (Å²) >= 11 is 0. The predicted molar refractivity (Wildman–Crippen MR) is 40.0 cm³/mol. The summed E-state index contributed by atoms with van der Waals surface area (Å²) in [5.41, 5.74) is 0. The van der Waals surface area contributed by atoms with Gasteiger partial charge in [0.05, 0.1) is 28.5 Å². The molecule has 0 radical (unpaired) electrons. The smallest absolute Gasteiger partial charge is 0.0634 e. The Balaban J connectivity index is 3.97. The van der Waals surface area contributed by atoms with Gasteiger partial charge in [-0.3, -0.25) is 0 Å². The second kappa shape index (κ2) is 3.77. The molecule has 0 fully saturated rings. The Hall–Kier alpha value is -0.300. The molecule has 0 saturated carbocycles. The fourth-order valence-corrected chi connectivity index (χ4v) is 1.64. The van der Waals surface area contributed by atoms with Crippen molar-refractivity contribution in [2.45, 2.75) is 25.0 Å². The van der Waals surface area contributed by atoms with E-state index < -0.39 is 16.0 Å². The highest BCUT2D eigenvalue weighted by molar-refractivity contribution is 8.25. The third-order valence-electron chi connectivity index (χ3n) is 1.36. The summed E-state index contributed by atoms with van der Waals surface area (Å²) in [6.45, 7) is 1.69. The van der Waals surface area contributed by atoms with Gasteiger partial charge in [0, 0.05) is 6.26 Å². The minimum atomic E-state index is -3.50. The van der Waals surface area contributed by atoms with Gasteiger partial charge in [-0.25, -0.2) is 0 Å². The Morgan fingerprint density at radius 1 is 1.60 bits per heavy atom. The van der Waals surface area contributed by atoms with Gasteiger partial charge in [-0.15, -0.1) is 0 Å². The lowest BCUT2D eigenvalue weighted by Crippen LogP contribution is -2.08. The topological polar surface area (TPSA) is 23.8 Å². The van der Waals surface area contributed by atoms with Crippen molar-refractivity contribution < 1.29 is 7.77 Å². The zero-order valence-electron chi connectivity index (χ0n) is 6.10. The maximum atomic E-state index is 12.5. The first-order valence-corrected chi connectivity index (χ1v) is 4.96. The van der Waals surface area contributed by atoms with Gasteiger partial charge in [0.2, 0.25) is 0 Å². The monoisotopic (exact) mass is 167 g/mol. The summed E-state index contributed by atoms with van der Waals surface area (Å²) in [6.07, 6.45) is 1.32. The maximum Gasteiger partial charge on any atom is 0.0634 e. The van der Waals surface area contributed by atoms with Gasteiger partial charge in [0.1, 0.15) is 0 Å². The second-order valence-corrected chi connectivity index (χ2v) is 4.40. The molecule has 0 N–H and O–H groups in total. The SMILES string of the molecule is CCC(CC#N)S(C)(F)F. The largest absolute Gasteiger partial charge is 0.198 e. The van der Waals surface area contributed by atoms with Crippen molar-refractivity contribution in [2.24, 2.45) is 0 Å². The number of nitriles is 1. The van der Waals surface area contributed by atoms with E-state index in [0.29, 0.717) is 6.42 Å². The van der Waals surface area contributed by atoms with Crippen molar-refractivity contribution in [2.75, 3.05) is 6.26 Å². The maximum absolute atomic E-state index is 12.5. The summed E-state index contributed by atoms with van der Waals surface area (Å²) < 4.78 is 25.0. The van der Waals surface area contributed by atoms with E-state index in [0.717, 1.165) is 6.26 Å². The molecule has 0 spiro atoms. The predicted octanol–water partition coefficient (Wildman–Crippen LogP) is 2.88. The number of nitrogens with zero attached hydrogens (tertiary/aromatic N) is 1. The van der Waals surface area contributed by atoms with E-state index in [1.54, 1.807) is 13.0 Å². The first kappa shape index (κ1) is 9.70. The van der Waals surface area contributed by atoms with Crippen LogP contribution in [-0.2, 0) is 0 Å². The molecule has 0 amide bonds. The molecule has 4 heteroatoms. The third kappa shape index (κ3) is 3.02. The highest BCUT2D eigenvalue weighted by Crippen LogP contribution is 2.54.